The van der Waals surface area contributed by atoms with Crippen molar-refractivity contribution in [3.8, 4) is 0 Å². The van der Waals surface area contributed by atoms with Gasteiger partial charge in [0.05, 0.1) is 6.42 Å². The third kappa shape index (κ3) is 1.94. The maximum Gasteiger partial charge on any atom is 0.304 e. The van der Waals surface area contributed by atoms with Crippen molar-refractivity contribution in [1.82, 2.24) is 0 Å². The van der Waals surface area contributed by atoms with Crippen LogP contribution in [0.25, 0.3) is 11.0 Å². The second kappa shape index (κ2) is 4.00. The Morgan fingerprint density at radius 2 is 2.25 bits per heavy atom. The van der Waals surface area contributed by atoms with Crippen LogP contribution in [-0.4, -0.2) is 11.1 Å². The van der Waals surface area contributed by atoms with Gasteiger partial charge in [-0.05, 0) is 24.6 Å². The highest BCUT2D eigenvalue weighted by molar-refractivity contribution is 5.81. The lowest BCUT2D eigenvalue weighted by Gasteiger charge is -2.02. The SMILES string of the molecule is Cc1cccc2oc(C(C)CC(=O)O)cc12. The van der Waals surface area contributed by atoms with E-state index in [9.17, 15) is 4.79 Å². The standard InChI is InChI=1S/C13H14O3/c1-8-4-3-5-11-10(8)7-12(16-11)9(2)6-13(14)15/h3-5,7,9H,6H2,1-2H3,(H,14,15). The Bertz CT molecular complexity index is 525. The quantitative estimate of drug-likeness (QED) is 0.859. The molecule has 0 aliphatic heterocycles. The van der Waals surface area contributed by atoms with Crippen LogP contribution < -0.4 is 0 Å². The third-order valence-electron chi connectivity index (χ3n) is 2.77. The molecule has 1 aromatic carbocycles. The first-order valence-corrected chi connectivity index (χ1v) is 5.29. The summed E-state index contributed by atoms with van der Waals surface area (Å²) >= 11 is 0. The third-order valence-corrected chi connectivity index (χ3v) is 2.77. The van der Waals surface area contributed by atoms with Crippen molar-refractivity contribution in [1.29, 1.82) is 0 Å². The molecular formula is C13H14O3. The normalized spacial score (nSPS) is 12.9. The van der Waals surface area contributed by atoms with E-state index in [1.54, 1.807) is 0 Å². The van der Waals surface area contributed by atoms with Gasteiger partial charge in [0, 0.05) is 11.3 Å². The van der Waals surface area contributed by atoms with Crippen LogP contribution in [0.15, 0.2) is 28.7 Å². The molecule has 2 rings (SSSR count). The lowest BCUT2D eigenvalue weighted by molar-refractivity contribution is -0.137. The van der Waals surface area contributed by atoms with Crippen molar-refractivity contribution in [2.45, 2.75) is 26.2 Å². The first-order chi connectivity index (χ1) is 7.58. The van der Waals surface area contributed by atoms with Crippen molar-refractivity contribution in [3.05, 3.63) is 35.6 Å². The number of furan rings is 1. The fraction of sp³-hybridized carbons (Fsp3) is 0.308. The molecule has 0 amide bonds. The van der Waals surface area contributed by atoms with Gasteiger partial charge in [-0.15, -0.1) is 0 Å². The summed E-state index contributed by atoms with van der Waals surface area (Å²) in [5.74, 6) is -0.152. The maximum atomic E-state index is 10.6. The summed E-state index contributed by atoms with van der Waals surface area (Å²) in [7, 11) is 0. The highest BCUT2D eigenvalue weighted by atomic mass is 16.4. The molecule has 3 nitrogen and oxygen atoms in total. The summed E-state index contributed by atoms with van der Waals surface area (Å²) in [6, 6.07) is 7.80. The molecular weight excluding hydrogens is 204 g/mol. The molecule has 3 heteroatoms. The van der Waals surface area contributed by atoms with Gasteiger partial charge in [0.1, 0.15) is 11.3 Å². The first-order valence-electron chi connectivity index (χ1n) is 5.29. The predicted octanol–water partition coefficient (Wildman–Crippen LogP) is 3.32. The molecule has 0 spiro atoms. The van der Waals surface area contributed by atoms with Gasteiger partial charge in [0.25, 0.3) is 0 Å². The summed E-state index contributed by atoms with van der Waals surface area (Å²) in [6.45, 7) is 3.88. The van der Waals surface area contributed by atoms with E-state index in [1.165, 1.54) is 0 Å². The van der Waals surface area contributed by atoms with Gasteiger partial charge in [0.15, 0.2) is 0 Å². The van der Waals surface area contributed by atoms with E-state index in [-0.39, 0.29) is 12.3 Å². The molecule has 0 aliphatic carbocycles. The lowest BCUT2D eigenvalue weighted by Crippen LogP contribution is -2.01. The van der Waals surface area contributed by atoms with Crippen LogP contribution in [-0.2, 0) is 4.79 Å². The molecule has 16 heavy (non-hydrogen) atoms. The molecule has 1 unspecified atom stereocenters. The number of hydrogen-bond donors (Lipinski definition) is 1. The van der Waals surface area contributed by atoms with E-state index >= 15 is 0 Å². The van der Waals surface area contributed by atoms with Crippen molar-refractivity contribution in [2.24, 2.45) is 0 Å². The van der Waals surface area contributed by atoms with E-state index in [1.807, 2.05) is 38.1 Å². The fourth-order valence-electron chi connectivity index (χ4n) is 1.83. The minimum atomic E-state index is -0.801. The van der Waals surface area contributed by atoms with Gasteiger partial charge >= 0.3 is 5.97 Å². The van der Waals surface area contributed by atoms with Crippen LogP contribution in [0.1, 0.15) is 30.6 Å². The summed E-state index contributed by atoms with van der Waals surface area (Å²) in [4.78, 5) is 10.6. The summed E-state index contributed by atoms with van der Waals surface area (Å²) in [6.07, 6.45) is 0.0961. The van der Waals surface area contributed by atoms with Gasteiger partial charge in [-0.1, -0.05) is 19.1 Å². The van der Waals surface area contributed by atoms with Crippen molar-refractivity contribution in [3.63, 3.8) is 0 Å². The molecule has 0 saturated carbocycles. The Morgan fingerprint density at radius 1 is 1.50 bits per heavy atom. The van der Waals surface area contributed by atoms with Crippen molar-refractivity contribution >= 4 is 16.9 Å². The van der Waals surface area contributed by atoms with Gasteiger partial charge in [-0.25, -0.2) is 0 Å². The molecule has 84 valence electrons. The Balaban J connectivity index is 2.39. The number of rotatable bonds is 3. The average Bonchev–Trinajstić information content (AvgIpc) is 2.61. The Kier molecular flexibility index (Phi) is 2.69. The molecule has 1 aromatic heterocycles. The molecule has 1 N–H and O–H groups in total. The Hall–Kier alpha value is -1.77. The van der Waals surface area contributed by atoms with Gasteiger partial charge in [-0.2, -0.15) is 0 Å². The largest absolute Gasteiger partial charge is 0.481 e. The number of carboxylic acid groups (broad SMARTS) is 1. The molecule has 2 aromatic rings. The molecule has 0 fully saturated rings. The van der Waals surface area contributed by atoms with E-state index in [4.69, 9.17) is 9.52 Å². The van der Waals surface area contributed by atoms with Crippen LogP contribution in [0.3, 0.4) is 0 Å². The van der Waals surface area contributed by atoms with Crippen molar-refractivity contribution in [2.75, 3.05) is 0 Å². The van der Waals surface area contributed by atoms with E-state index in [0.29, 0.717) is 0 Å². The zero-order valence-corrected chi connectivity index (χ0v) is 9.36. The second-order valence-electron chi connectivity index (χ2n) is 4.13. The zero-order chi connectivity index (χ0) is 11.7. The minimum absolute atomic E-state index is 0.0932. The number of carbonyl (C=O) groups is 1. The average molecular weight is 218 g/mol. The smallest absolute Gasteiger partial charge is 0.304 e. The lowest BCUT2D eigenvalue weighted by atomic mass is 10.0. The highest BCUT2D eigenvalue weighted by Crippen LogP contribution is 2.28. The van der Waals surface area contributed by atoms with Gasteiger partial charge in [0.2, 0.25) is 0 Å². The van der Waals surface area contributed by atoms with E-state index in [2.05, 4.69) is 0 Å². The highest BCUT2D eigenvalue weighted by Gasteiger charge is 2.15. The maximum absolute atomic E-state index is 10.6. The minimum Gasteiger partial charge on any atom is -0.481 e. The number of benzene rings is 1. The Morgan fingerprint density at radius 3 is 2.88 bits per heavy atom. The topological polar surface area (TPSA) is 50.4 Å². The molecule has 1 atom stereocenters. The monoisotopic (exact) mass is 218 g/mol. The number of fused-ring (bicyclic) bond motifs is 1. The molecule has 0 radical (unpaired) electrons. The predicted molar refractivity (Wildman–Crippen MR) is 61.6 cm³/mol. The van der Waals surface area contributed by atoms with Crippen LogP contribution in [0.2, 0.25) is 0 Å². The molecule has 1 heterocycles. The van der Waals surface area contributed by atoms with Gasteiger partial charge in [-0.3, -0.25) is 4.79 Å². The summed E-state index contributed by atoms with van der Waals surface area (Å²) < 4.78 is 5.65. The molecule has 0 bridgehead atoms. The van der Waals surface area contributed by atoms with Gasteiger partial charge < -0.3 is 9.52 Å². The number of aryl methyl sites for hydroxylation is 1. The Labute approximate surface area is 93.7 Å². The van der Waals surface area contributed by atoms with E-state index in [0.717, 1.165) is 22.3 Å². The molecule has 0 aliphatic rings. The number of aliphatic carboxylic acids is 1. The van der Waals surface area contributed by atoms with Crippen LogP contribution in [0, 0.1) is 6.92 Å². The van der Waals surface area contributed by atoms with Crippen LogP contribution >= 0.6 is 0 Å². The van der Waals surface area contributed by atoms with Crippen LogP contribution in [0.5, 0.6) is 0 Å². The number of carboxylic acids is 1. The first kappa shape index (κ1) is 10.7. The van der Waals surface area contributed by atoms with E-state index < -0.39 is 5.97 Å². The zero-order valence-electron chi connectivity index (χ0n) is 9.36. The summed E-state index contributed by atoms with van der Waals surface area (Å²) in [5, 5.41) is 9.80. The van der Waals surface area contributed by atoms with Crippen molar-refractivity contribution < 1.29 is 14.3 Å². The fourth-order valence-corrected chi connectivity index (χ4v) is 1.83. The van der Waals surface area contributed by atoms with Crippen LogP contribution in [0.4, 0.5) is 0 Å². The second-order valence-corrected chi connectivity index (χ2v) is 4.13. The summed E-state index contributed by atoms with van der Waals surface area (Å²) in [5.41, 5.74) is 1.97. The number of hydrogen-bond acceptors (Lipinski definition) is 2. The molecule has 0 saturated heterocycles.